The Morgan fingerprint density at radius 2 is 2.00 bits per heavy atom. The van der Waals surface area contributed by atoms with Crippen molar-refractivity contribution < 1.29 is 9.53 Å². The first kappa shape index (κ1) is 15.9. The molecule has 1 aliphatic heterocycles. The lowest BCUT2D eigenvalue weighted by Crippen LogP contribution is -2.45. The van der Waals surface area contributed by atoms with E-state index in [1.54, 1.807) is 4.68 Å². The molecular weight excluding hydrogens is 272 g/mol. The van der Waals surface area contributed by atoms with Crippen LogP contribution in [0.5, 0.6) is 0 Å². The lowest BCUT2D eigenvalue weighted by molar-refractivity contribution is 0.0592. The Hall–Kier alpha value is -1.51. The minimum Gasteiger partial charge on any atom is -0.464 e. The Morgan fingerprint density at radius 3 is 2.62 bits per heavy atom. The lowest BCUT2D eigenvalue weighted by Gasteiger charge is -2.32. The van der Waals surface area contributed by atoms with Crippen LogP contribution in [0.3, 0.4) is 0 Å². The molecule has 8 nitrogen and oxygen atoms in total. The molecule has 2 rings (SSSR count). The Labute approximate surface area is 124 Å². The van der Waals surface area contributed by atoms with Gasteiger partial charge in [-0.1, -0.05) is 5.21 Å². The van der Waals surface area contributed by atoms with E-state index in [4.69, 9.17) is 10.5 Å². The van der Waals surface area contributed by atoms with Crippen LogP contribution in [0.2, 0.25) is 0 Å². The van der Waals surface area contributed by atoms with Crippen LogP contribution in [0.25, 0.3) is 0 Å². The molecule has 118 valence electrons. The van der Waals surface area contributed by atoms with Gasteiger partial charge < -0.3 is 15.4 Å². The third-order valence-electron chi connectivity index (χ3n) is 3.82. The maximum absolute atomic E-state index is 11.7. The van der Waals surface area contributed by atoms with Crippen molar-refractivity contribution in [3.05, 3.63) is 11.4 Å². The molecule has 0 aliphatic carbocycles. The first-order chi connectivity index (χ1) is 10.2. The normalized spacial score (nSPS) is 17.1. The van der Waals surface area contributed by atoms with Gasteiger partial charge in [0.25, 0.3) is 0 Å². The van der Waals surface area contributed by atoms with E-state index < -0.39 is 5.97 Å². The number of ether oxygens (including phenoxy) is 1. The van der Waals surface area contributed by atoms with Crippen LogP contribution in [0.15, 0.2) is 0 Å². The molecule has 0 amide bonds. The summed E-state index contributed by atoms with van der Waals surface area (Å²) in [7, 11) is 3.48. The van der Waals surface area contributed by atoms with Gasteiger partial charge in [-0.15, -0.1) is 5.10 Å². The van der Waals surface area contributed by atoms with Crippen LogP contribution in [-0.4, -0.2) is 84.2 Å². The molecule has 1 saturated heterocycles. The van der Waals surface area contributed by atoms with E-state index in [2.05, 4.69) is 27.2 Å². The zero-order chi connectivity index (χ0) is 15.2. The molecule has 1 aromatic heterocycles. The highest BCUT2D eigenvalue weighted by atomic mass is 16.5. The van der Waals surface area contributed by atoms with Crippen molar-refractivity contribution in [2.24, 2.45) is 5.73 Å². The summed E-state index contributed by atoms with van der Waals surface area (Å²) in [5.41, 5.74) is 6.66. The molecule has 1 fully saturated rings. The van der Waals surface area contributed by atoms with Crippen LogP contribution >= 0.6 is 0 Å². The number of carbonyl (C=O) groups excluding carboxylic acids is 1. The Balaban J connectivity index is 1.99. The highest BCUT2D eigenvalue weighted by molar-refractivity contribution is 5.88. The van der Waals surface area contributed by atoms with E-state index in [1.165, 1.54) is 7.11 Å². The first-order valence-electron chi connectivity index (χ1n) is 7.27. The second-order valence-corrected chi connectivity index (χ2v) is 5.28. The van der Waals surface area contributed by atoms with Gasteiger partial charge in [0.05, 0.1) is 19.3 Å². The number of piperazine rings is 1. The van der Waals surface area contributed by atoms with Crippen LogP contribution in [0.4, 0.5) is 0 Å². The third-order valence-corrected chi connectivity index (χ3v) is 3.82. The fourth-order valence-electron chi connectivity index (χ4n) is 2.46. The van der Waals surface area contributed by atoms with Crippen molar-refractivity contribution in [3.8, 4) is 0 Å². The maximum Gasteiger partial charge on any atom is 0.360 e. The standard InChI is InChI=1S/C13H24N6O2/c1-17-5-7-18(8-6-17)9-10-19-11(3-4-14)12(15-16-19)13(20)21-2/h3-10,14H2,1-2H3. The van der Waals surface area contributed by atoms with Crippen molar-refractivity contribution in [1.29, 1.82) is 0 Å². The van der Waals surface area contributed by atoms with Crippen LogP contribution < -0.4 is 5.73 Å². The summed E-state index contributed by atoms with van der Waals surface area (Å²) >= 11 is 0. The van der Waals surface area contributed by atoms with E-state index in [0.717, 1.165) is 38.4 Å². The average molecular weight is 296 g/mol. The number of methoxy groups -OCH3 is 1. The van der Waals surface area contributed by atoms with E-state index in [0.29, 0.717) is 19.5 Å². The molecular formula is C13H24N6O2. The summed E-state index contributed by atoms with van der Waals surface area (Å²) in [5.74, 6) is -0.454. The number of aromatic nitrogens is 3. The highest BCUT2D eigenvalue weighted by Gasteiger charge is 2.20. The van der Waals surface area contributed by atoms with Gasteiger partial charge in [0.1, 0.15) is 0 Å². The number of carbonyl (C=O) groups is 1. The van der Waals surface area contributed by atoms with Crippen molar-refractivity contribution >= 4 is 5.97 Å². The maximum atomic E-state index is 11.7. The molecule has 0 radical (unpaired) electrons. The molecule has 2 heterocycles. The summed E-state index contributed by atoms with van der Waals surface area (Å²) in [5, 5.41) is 8.01. The molecule has 21 heavy (non-hydrogen) atoms. The van der Waals surface area contributed by atoms with E-state index in [1.807, 2.05) is 0 Å². The van der Waals surface area contributed by atoms with Gasteiger partial charge in [0, 0.05) is 39.1 Å². The second kappa shape index (κ2) is 7.48. The van der Waals surface area contributed by atoms with Crippen molar-refractivity contribution in [2.75, 3.05) is 53.4 Å². The van der Waals surface area contributed by atoms with Gasteiger partial charge in [0.15, 0.2) is 5.69 Å². The number of rotatable bonds is 6. The molecule has 0 spiro atoms. The molecule has 0 bridgehead atoms. The number of likely N-dealkylation sites (N-methyl/N-ethyl adjacent to an activating group) is 1. The van der Waals surface area contributed by atoms with E-state index in [-0.39, 0.29) is 5.69 Å². The predicted molar refractivity (Wildman–Crippen MR) is 78.1 cm³/mol. The van der Waals surface area contributed by atoms with Gasteiger partial charge in [-0.05, 0) is 13.6 Å². The second-order valence-electron chi connectivity index (χ2n) is 5.28. The molecule has 8 heteroatoms. The minimum absolute atomic E-state index is 0.279. The molecule has 0 aromatic carbocycles. The van der Waals surface area contributed by atoms with Crippen LogP contribution in [-0.2, 0) is 17.7 Å². The highest BCUT2D eigenvalue weighted by Crippen LogP contribution is 2.08. The van der Waals surface area contributed by atoms with Crippen LogP contribution in [0.1, 0.15) is 16.2 Å². The monoisotopic (exact) mass is 296 g/mol. The van der Waals surface area contributed by atoms with Crippen molar-refractivity contribution in [2.45, 2.75) is 13.0 Å². The fourth-order valence-corrected chi connectivity index (χ4v) is 2.46. The Kier molecular flexibility index (Phi) is 5.66. The Bertz CT molecular complexity index is 467. The number of esters is 1. The quantitative estimate of drug-likeness (QED) is 0.660. The van der Waals surface area contributed by atoms with Crippen molar-refractivity contribution in [3.63, 3.8) is 0 Å². The Morgan fingerprint density at radius 1 is 1.29 bits per heavy atom. The topological polar surface area (TPSA) is 89.5 Å². The van der Waals surface area contributed by atoms with Crippen LogP contribution in [0, 0.1) is 0 Å². The molecule has 0 unspecified atom stereocenters. The van der Waals surface area contributed by atoms with Gasteiger partial charge in [-0.25, -0.2) is 9.48 Å². The SMILES string of the molecule is COC(=O)c1nnn(CCN2CCN(C)CC2)c1CCN. The average Bonchev–Trinajstić information content (AvgIpc) is 2.89. The molecule has 2 N–H and O–H groups in total. The van der Waals surface area contributed by atoms with Gasteiger partial charge in [-0.2, -0.15) is 0 Å². The largest absolute Gasteiger partial charge is 0.464 e. The zero-order valence-corrected chi connectivity index (χ0v) is 12.8. The number of hydrogen-bond donors (Lipinski definition) is 1. The fraction of sp³-hybridized carbons (Fsp3) is 0.769. The predicted octanol–water partition coefficient (Wildman–Crippen LogP) is -1.19. The minimum atomic E-state index is -0.454. The smallest absolute Gasteiger partial charge is 0.360 e. The summed E-state index contributed by atoms with van der Waals surface area (Å²) in [6.45, 7) is 6.34. The summed E-state index contributed by atoms with van der Waals surface area (Å²) in [4.78, 5) is 16.4. The summed E-state index contributed by atoms with van der Waals surface area (Å²) in [6, 6.07) is 0. The molecule has 0 saturated carbocycles. The third kappa shape index (κ3) is 3.99. The van der Waals surface area contributed by atoms with Crippen molar-refractivity contribution in [1.82, 2.24) is 24.8 Å². The summed E-state index contributed by atoms with van der Waals surface area (Å²) in [6.07, 6.45) is 0.570. The summed E-state index contributed by atoms with van der Waals surface area (Å²) < 4.78 is 6.51. The molecule has 0 atom stereocenters. The number of nitrogens with two attached hydrogens (primary N) is 1. The molecule has 1 aromatic rings. The van der Waals surface area contributed by atoms with E-state index >= 15 is 0 Å². The molecule has 1 aliphatic rings. The van der Waals surface area contributed by atoms with Gasteiger partial charge >= 0.3 is 5.97 Å². The lowest BCUT2D eigenvalue weighted by atomic mass is 10.2. The van der Waals surface area contributed by atoms with Gasteiger partial charge in [-0.3, -0.25) is 4.90 Å². The van der Waals surface area contributed by atoms with E-state index in [9.17, 15) is 4.79 Å². The van der Waals surface area contributed by atoms with Gasteiger partial charge in [0.2, 0.25) is 0 Å². The first-order valence-corrected chi connectivity index (χ1v) is 7.27. The number of nitrogens with zero attached hydrogens (tertiary/aromatic N) is 5. The zero-order valence-electron chi connectivity index (χ0n) is 12.8. The number of hydrogen-bond acceptors (Lipinski definition) is 7.